The van der Waals surface area contributed by atoms with Crippen LogP contribution in [-0.2, 0) is 20.4 Å². The van der Waals surface area contributed by atoms with Gasteiger partial charge in [-0.2, -0.15) is 13.2 Å². The van der Waals surface area contributed by atoms with E-state index in [4.69, 9.17) is 30.9 Å². The van der Waals surface area contributed by atoms with Crippen LogP contribution in [0.4, 0.5) is 29.3 Å². The summed E-state index contributed by atoms with van der Waals surface area (Å²) in [4.78, 5) is 46.8. The monoisotopic (exact) mass is 654 g/mol. The number of ether oxygens (including phenoxy) is 3. The number of anilines is 1. The van der Waals surface area contributed by atoms with Crippen molar-refractivity contribution in [1.82, 2.24) is 0 Å². The number of carbonyl (C=O) groups is 3. The number of nitro groups is 1. The molecular formula is C30H30ClF3N2O9. The van der Waals surface area contributed by atoms with Crippen LogP contribution in [0.25, 0.3) is 0 Å². The summed E-state index contributed by atoms with van der Waals surface area (Å²) >= 11 is 5.83. The first-order valence-electron chi connectivity index (χ1n) is 13.2. The molecular weight excluding hydrogens is 625 g/mol. The number of amides is 1. The minimum absolute atomic E-state index is 0.0398. The standard InChI is InChI=1S/C19H15ClF3NO7.C11H15NO2/c1-3-29-17(25)10(2)30-18(26)13-9-12(5-6-15(13)24(27)28)31-16-7-4-11(8-14(16)20)19(21,22)23;1-11(2,3)12(10(13)14)9-7-5-4-6-8-9/h4-10H,3H2,1-2H3;4-8H,1-3H3,(H,13,14). The number of hydrogen-bond donors (Lipinski definition) is 1. The SMILES string of the molecule is CC(C)(C)N(C(=O)O)c1ccccc1.CCOC(=O)C(C)OC(=O)c1cc(Oc2ccc(C(F)(F)F)cc2Cl)ccc1[N+](=O)[O-]. The van der Waals surface area contributed by atoms with Crippen molar-refractivity contribution in [3.05, 3.63) is 93.0 Å². The summed E-state index contributed by atoms with van der Waals surface area (Å²) in [6.07, 6.45) is -6.87. The van der Waals surface area contributed by atoms with Gasteiger partial charge < -0.3 is 19.3 Å². The van der Waals surface area contributed by atoms with E-state index in [-0.39, 0.29) is 23.1 Å². The number of para-hydroxylation sites is 1. The second-order valence-electron chi connectivity index (χ2n) is 10.1. The molecule has 0 radical (unpaired) electrons. The molecule has 45 heavy (non-hydrogen) atoms. The molecule has 0 saturated carbocycles. The van der Waals surface area contributed by atoms with Gasteiger partial charge in [-0.15, -0.1) is 0 Å². The summed E-state index contributed by atoms with van der Waals surface area (Å²) in [6, 6.07) is 14.5. The molecule has 1 unspecified atom stereocenters. The second-order valence-corrected chi connectivity index (χ2v) is 10.5. The first kappa shape index (κ1) is 36.3. The minimum atomic E-state index is -4.61. The average molecular weight is 655 g/mol. The highest BCUT2D eigenvalue weighted by Gasteiger charge is 2.32. The number of nitro benzene ring substituents is 1. The first-order valence-corrected chi connectivity index (χ1v) is 13.5. The Morgan fingerprint density at radius 1 is 1.02 bits per heavy atom. The van der Waals surface area contributed by atoms with Gasteiger partial charge in [0, 0.05) is 23.4 Å². The zero-order valence-corrected chi connectivity index (χ0v) is 25.5. The molecule has 0 saturated heterocycles. The van der Waals surface area contributed by atoms with Crippen molar-refractivity contribution in [3.63, 3.8) is 0 Å². The molecule has 3 rings (SSSR count). The van der Waals surface area contributed by atoms with E-state index in [9.17, 15) is 37.7 Å². The number of rotatable bonds is 8. The van der Waals surface area contributed by atoms with Crippen molar-refractivity contribution < 1.29 is 51.8 Å². The molecule has 1 N–H and O–H groups in total. The largest absolute Gasteiger partial charge is 0.465 e. The predicted molar refractivity (Wildman–Crippen MR) is 158 cm³/mol. The smallest absolute Gasteiger partial charge is 0.416 e. The highest BCUT2D eigenvalue weighted by molar-refractivity contribution is 6.32. The van der Waals surface area contributed by atoms with Gasteiger partial charge in [-0.25, -0.2) is 14.4 Å². The van der Waals surface area contributed by atoms with Crippen molar-refractivity contribution in [2.75, 3.05) is 11.5 Å². The number of hydrogen-bond acceptors (Lipinski definition) is 8. The normalized spacial score (nSPS) is 11.8. The Morgan fingerprint density at radius 2 is 1.64 bits per heavy atom. The maximum atomic E-state index is 12.8. The zero-order chi connectivity index (χ0) is 34.1. The summed E-state index contributed by atoms with van der Waals surface area (Å²) in [5, 5.41) is 20.0. The van der Waals surface area contributed by atoms with Crippen LogP contribution < -0.4 is 9.64 Å². The molecule has 3 aromatic carbocycles. The molecule has 0 aromatic heterocycles. The highest BCUT2D eigenvalue weighted by Crippen LogP contribution is 2.37. The van der Waals surface area contributed by atoms with Crippen LogP contribution in [-0.4, -0.2) is 46.3 Å². The molecule has 0 aliphatic rings. The number of carbonyl (C=O) groups excluding carboxylic acids is 2. The number of benzene rings is 3. The van der Waals surface area contributed by atoms with Crippen molar-refractivity contribution in [3.8, 4) is 11.5 Å². The average Bonchev–Trinajstić information content (AvgIpc) is 2.93. The number of esters is 2. The fraction of sp³-hybridized carbons (Fsp3) is 0.300. The summed E-state index contributed by atoms with van der Waals surface area (Å²) in [6.45, 7) is 8.42. The lowest BCUT2D eigenvalue weighted by Crippen LogP contribution is -2.45. The van der Waals surface area contributed by atoms with Crippen LogP contribution in [0.1, 0.15) is 50.5 Å². The number of halogens is 4. The molecule has 3 aromatic rings. The molecule has 0 fully saturated rings. The maximum absolute atomic E-state index is 12.8. The molecule has 0 spiro atoms. The predicted octanol–water partition coefficient (Wildman–Crippen LogP) is 8.14. The topological polar surface area (TPSA) is 146 Å². The molecule has 0 bridgehead atoms. The summed E-state index contributed by atoms with van der Waals surface area (Å²) in [5.74, 6) is -2.36. The molecule has 1 amide bonds. The maximum Gasteiger partial charge on any atom is 0.416 e. The summed E-state index contributed by atoms with van der Waals surface area (Å²) in [5.41, 5.74) is -1.89. The fourth-order valence-electron chi connectivity index (χ4n) is 3.68. The molecule has 0 heterocycles. The van der Waals surface area contributed by atoms with Gasteiger partial charge in [-0.3, -0.25) is 15.0 Å². The van der Waals surface area contributed by atoms with E-state index in [2.05, 4.69) is 0 Å². The number of alkyl halides is 3. The molecule has 0 aliphatic carbocycles. The van der Waals surface area contributed by atoms with Gasteiger partial charge in [0.1, 0.15) is 17.1 Å². The van der Waals surface area contributed by atoms with Gasteiger partial charge in [-0.05, 0) is 71.0 Å². The molecule has 0 aliphatic heterocycles. The van der Waals surface area contributed by atoms with E-state index >= 15 is 0 Å². The lowest BCUT2D eigenvalue weighted by Gasteiger charge is -2.33. The van der Waals surface area contributed by atoms with E-state index in [1.54, 1.807) is 19.1 Å². The van der Waals surface area contributed by atoms with E-state index in [1.165, 1.54) is 11.8 Å². The Bertz CT molecular complexity index is 1530. The van der Waals surface area contributed by atoms with Crippen LogP contribution in [0.2, 0.25) is 5.02 Å². The van der Waals surface area contributed by atoms with Crippen LogP contribution in [0, 0.1) is 10.1 Å². The summed E-state index contributed by atoms with van der Waals surface area (Å²) in [7, 11) is 0. The quantitative estimate of drug-likeness (QED) is 0.144. The Kier molecular flexibility index (Phi) is 12.3. The van der Waals surface area contributed by atoms with Gasteiger partial charge in [0.2, 0.25) is 0 Å². The van der Waals surface area contributed by atoms with Gasteiger partial charge in [0.05, 0.1) is 22.1 Å². The van der Waals surface area contributed by atoms with E-state index < -0.39 is 57.6 Å². The molecule has 15 heteroatoms. The lowest BCUT2D eigenvalue weighted by atomic mass is 10.1. The van der Waals surface area contributed by atoms with Gasteiger partial charge in [0.15, 0.2) is 6.10 Å². The van der Waals surface area contributed by atoms with Crippen LogP contribution in [0.5, 0.6) is 11.5 Å². The lowest BCUT2D eigenvalue weighted by molar-refractivity contribution is -0.385. The van der Waals surface area contributed by atoms with E-state index in [0.29, 0.717) is 11.8 Å². The molecule has 1 atom stereocenters. The second kappa shape index (κ2) is 15.2. The van der Waals surface area contributed by atoms with Gasteiger partial charge in [-0.1, -0.05) is 29.8 Å². The highest BCUT2D eigenvalue weighted by atomic mass is 35.5. The third-order valence-corrected chi connectivity index (χ3v) is 5.95. The zero-order valence-electron chi connectivity index (χ0n) is 24.8. The minimum Gasteiger partial charge on any atom is -0.465 e. The van der Waals surface area contributed by atoms with Crippen molar-refractivity contribution >= 4 is 41.0 Å². The third kappa shape index (κ3) is 10.4. The Balaban J connectivity index is 0.000000420. The van der Waals surface area contributed by atoms with Gasteiger partial charge >= 0.3 is 24.2 Å². The number of nitrogens with zero attached hydrogens (tertiary/aromatic N) is 2. The van der Waals surface area contributed by atoms with E-state index in [0.717, 1.165) is 30.3 Å². The van der Waals surface area contributed by atoms with Crippen molar-refractivity contribution in [2.45, 2.75) is 52.4 Å². The Labute approximate surface area is 261 Å². The van der Waals surface area contributed by atoms with Crippen LogP contribution in [0.3, 0.4) is 0 Å². The Hall–Kier alpha value is -4.85. The summed E-state index contributed by atoms with van der Waals surface area (Å²) < 4.78 is 53.2. The van der Waals surface area contributed by atoms with Crippen molar-refractivity contribution in [2.24, 2.45) is 0 Å². The first-order chi connectivity index (χ1) is 20.9. The molecule has 242 valence electrons. The fourth-order valence-corrected chi connectivity index (χ4v) is 3.90. The Morgan fingerprint density at radius 3 is 2.13 bits per heavy atom. The molecule has 11 nitrogen and oxygen atoms in total. The van der Waals surface area contributed by atoms with Gasteiger partial charge in [0.25, 0.3) is 5.69 Å². The number of carboxylic acid groups (broad SMARTS) is 1. The van der Waals surface area contributed by atoms with Crippen LogP contribution >= 0.6 is 11.6 Å². The third-order valence-electron chi connectivity index (χ3n) is 5.65. The van der Waals surface area contributed by atoms with E-state index in [1.807, 2.05) is 39.0 Å². The van der Waals surface area contributed by atoms with Crippen molar-refractivity contribution in [1.29, 1.82) is 0 Å². The van der Waals surface area contributed by atoms with Crippen LogP contribution in [0.15, 0.2) is 66.7 Å².